The largest absolute Gasteiger partial charge is 0.495 e. The van der Waals surface area contributed by atoms with Gasteiger partial charge in [0.1, 0.15) is 11.5 Å². The number of methoxy groups -OCH3 is 1. The molecule has 1 aliphatic heterocycles. The Labute approximate surface area is 163 Å². The number of carbonyl (C=O) groups is 3. The van der Waals surface area contributed by atoms with Crippen molar-refractivity contribution in [2.75, 3.05) is 30.5 Å². The van der Waals surface area contributed by atoms with Gasteiger partial charge in [0.05, 0.1) is 18.5 Å². The van der Waals surface area contributed by atoms with Crippen LogP contribution in [-0.2, 0) is 9.59 Å². The molecule has 0 aliphatic carbocycles. The molecule has 7 nitrogen and oxygen atoms in total. The smallest absolute Gasteiger partial charge is 0.265 e. The first kappa shape index (κ1) is 19.4. The second kappa shape index (κ2) is 8.12. The van der Waals surface area contributed by atoms with Gasteiger partial charge in [0.25, 0.3) is 5.91 Å². The monoisotopic (exact) mass is 382 g/mol. The molecule has 0 fully saturated rings. The van der Waals surface area contributed by atoms with E-state index < -0.39 is 0 Å². The number of ether oxygens (including phenoxy) is 2. The molecule has 0 saturated carbocycles. The van der Waals surface area contributed by atoms with Gasteiger partial charge in [-0.05, 0) is 49.7 Å². The van der Waals surface area contributed by atoms with E-state index in [4.69, 9.17) is 9.47 Å². The number of hydrogen-bond donors (Lipinski definition) is 1. The van der Waals surface area contributed by atoms with Crippen LogP contribution in [0.1, 0.15) is 29.3 Å². The number of aryl methyl sites for hydroxylation is 1. The van der Waals surface area contributed by atoms with Crippen LogP contribution in [0.5, 0.6) is 11.5 Å². The summed E-state index contributed by atoms with van der Waals surface area (Å²) in [6.07, 6.45) is 0.0899. The normalized spacial score (nSPS) is 12.8. The number of Topliss-reactive ketones (excluding diaryl/α,β-unsaturated/α-hetero) is 1. The molecule has 0 unspecified atom stereocenters. The molecule has 0 radical (unpaired) electrons. The summed E-state index contributed by atoms with van der Waals surface area (Å²) in [7, 11) is 1.54. The number of carbonyl (C=O) groups excluding carboxylic acids is 3. The first-order valence-electron chi connectivity index (χ1n) is 8.91. The van der Waals surface area contributed by atoms with E-state index in [1.165, 1.54) is 18.9 Å². The zero-order chi connectivity index (χ0) is 20.3. The van der Waals surface area contributed by atoms with Crippen molar-refractivity contribution in [2.45, 2.75) is 20.3 Å². The van der Waals surface area contributed by atoms with Crippen molar-refractivity contribution >= 4 is 29.0 Å². The van der Waals surface area contributed by atoms with Gasteiger partial charge in [0.2, 0.25) is 5.91 Å². The summed E-state index contributed by atoms with van der Waals surface area (Å²) in [6, 6.07) is 10.5. The lowest BCUT2D eigenvalue weighted by molar-refractivity contribution is -0.121. The van der Waals surface area contributed by atoms with Crippen LogP contribution in [0.15, 0.2) is 36.4 Å². The molecule has 7 heteroatoms. The third-order valence-electron chi connectivity index (χ3n) is 4.50. The van der Waals surface area contributed by atoms with Crippen LogP contribution in [-0.4, -0.2) is 37.9 Å². The Bertz CT molecular complexity index is 938. The minimum Gasteiger partial charge on any atom is -0.495 e. The van der Waals surface area contributed by atoms with E-state index in [-0.39, 0.29) is 37.2 Å². The van der Waals surface area contributed by atoms with Crippen LogP contribution in [0, 0.1) is 6.92 Å². The van der Waals surface area contributed by atoms with E-state index in [0.29, 0.717) is 28.4 Å². The van der Waals surface area contributed by atoms with Gasteiger partial charge in [0.15, 0.2) is 12.4 Å². The SMILES string of the molecule is COc1ccc(C)cc1NC(=O)CCN1C(=O)COc2ccc(C(C)=O)cc21. The third-order valence-corrected chi connectivity index (χ3v) is 4.50. The van der Waals surface area contributed by atoms with Crippen molar-refractivity contribution in [1.82, 2.24) is 0 Å². The topological polar surface area (TPSA) is 84.9 Å². The number of benzene rings is 2. The van der Waals surface area contributed by atoms with Gasteiger partial charge in [-0.3, -0.25) is 14.4 Å². The van der Waals surface area contributed by atoms with E-state index in [1.54, 1.807) is 24.3 Å². The molecule has 0 spiro atoms. The Balaban J connectivity index is 1.73. The molecular formula is C21H22N2O5. The molecule has 0 saturated heterocycles. The summed E-state index contributed by atoms with van der Waals surface area (Å²) in [6.45, 7) is 3.46. The fraction of sp³-hybridized carbons (Fsp3) is 0.286. The van der Waals surface area contributed by atoms with Crippen molar-refractivity contribution < 1.29 is 23.9 Å². The minimum atomic E-state index is -0.255. The van der Waals surface area contributed by atoms with Crippen molar-refractivity contribution in [1.29, 1.82) is 0 Å². The number of amides is 2. The average molecular weight is 382 g/mol. The van der Waals surface area contributed by atoms with Crippen molar-refractivity contribution in [2.24, 2.45) is 0 Å². The van der Waals surface area contributed by atoms with E-state index in [1.807, 2.05) is 19.1 Å². The maximum atomic E-state index is 12.4. The first-order valence-corrected chi connectivity index (χ1v) is 8.91. The van der Waals surface area contributed by atoms with E-state index in [0.717, 1.165) is 5.56 Å². The number of fused-ring (bicyclic) bond motifs is 1. The molecular weight excluding hydrogens is 360 g/mol. The Morgan fingerprint density at radius 2 is 2.00 bits per heavy atom. The van der Waals surface area contributed by atoms with E-state index in [2.05, 4.69) is 5.32 Å². The summed E-state index contributed by atoms with van der Waals surface area (Å²) in [5.41, 5.74) is 2.56. The van der Waals surface area contributed by atoms with Gasteiger partial charge >= 0.3 is 0 Å². The minimum absolute atomic E-state index is 0.0899. The molecule has 2 aromatic rings. The highest BCUT2D eigenvalue weighted by Crippen LogP contribution is 2.33. The summed E-state index contributed by atoms with van der Waals surface area (Å²) in [4.78, 5) is 37.9. The number of nitrogens with one attached hydrogen (secondary N) is 1. The number of rotatable bonds is 6. The number of nitrogens with zero attached hydrogens (tertiary/aromatic N) is 1. The van der Waals surface area contributed by atoms with Crippen LogP contribution in [0.4, 0.5) is 11.4 Å². The molecule has 0 bridgehead atoms. The average Bonchev–Trinajstić information content (AvgIpc) is 2.67. The predicted molar refractivity (Wildman–Crippen MR) is 105 cm³/mol. The Morgan fingerprint density at radius 3 is 2.71 bits per heavy atom. The van der Waals surface area contributed by atoms with E-state index in [9.17, 15) is 14.4 Å². The van der Waals surface area contributed by atoms with Crippen molar-refractivity contribution in [3.63, 3.8) is 0 Å². The maximum Gasteiger partial charge on any atom is 0.265 e. The summed E-state index contributed by atoms with van der Waals surface area (Å²) < 4.78 is 10.7. The molecule has 2 amide bonds. The molecule has 0 aromatic heterocycles. The maximum absolute atomic E-state index is 12.4. The van der Waals surface area contributed by atoms with Gasteiger partial charge < -0.3 is 19.7 Å². The standard InChI is InChI=1S/C21H22N2O5/c1-13-4-6-18(27-3)16(10-13)22-20(25)8-9-23-17-11-15(14(2)24)5-7-19(17)28-12-21(23)26/h4-7,10-11H,8-9,12H2,1-3H3,(H,22,25). The zero-order valence-corrected chi connectivity index (χ0v) is 16.1. The van der Waals surface area contributed by atoms with Gasteiger partial charge in [0, 0.05) is 18.5 Å². The highest BCUT2D eigenvalue weighted by molar-refractivity contribution is 6.02. The molecule has 0 atom stereocenters. The lowest BCUT2D eigenvalue weighted by atomic mass is 10.1. The van der Waals surface area contributed by atoms with Crippen LogP contribution >= 0.6 is 0 Å². The third kappa shape index (κ3) is 4.14. The molecule has 1 N–H and O–H groups in total. The predicted octanol–water partition coefficient (Wildman–Crippen LogP) is 2.96. The summed E-state index contributed by atoms with van der Waals surface area (Å²) >= 11 is 0. The molecule has 1 aliphatic rings. The second-order valence-electron chi connectivity index (χ2n) is 6.57. The lowest BCUT2D eigenvalue weighted by Gasteiger charge is -2.29. The fourth-order valence-electron chi connectivity index (χ4n) is 3.01. The molecule has 1 heterocycles. The van der Waals surface area contributed by atoms with Crippen LogP contribution in [0.25, 0.3) is 0 Å². The van der Waals surface area contributed by atoms with Crippen molar-refractivity contribution in [3.05, 3.63) is 47.5 Å². The number of anilines is 2. The first-order chi connectivity index (χ1) is 13.4. The number of hydrogen-bond acceptors (Lipinski definition) is 5. The van der Waals surface area contributed by atoms with Crippen LogP contribution in [0.3, 0.4) is 0 Å². The molecule has 28 heavy (non-hydrogen) atoms. The Hall–Kier alpha value is -3.35. The lowest BCUT2D eigenvalue weighted by Crippen LogP contribution is -2.40. The second-order valence-corrected chi connectivity index (χ2v) is 6.57. The zero-order valence-electron chi connectivity index (χ0n) is 16.1. The molecule has 2 aromatic carbocycles. The summed E-state index contributed by atoms with van der Waals surface area (Å²) in [5.74, 6) is 0.481. The Morgan fingerprint density at radius 1 is 1.21 bits per heavy atom. The Kier molecular flexibility index (Phi) is 5.63. The van der Waals surface area contributed by atoms with Crippen LogP contribution in [0.2, 0.25) is 0 Å². The number of ketones is 1. The summed E-state index contributed by atoms with van der Waals surface area (Å²) in [5, 5.41) is 2.82. The molecule has 146 valence electrons. The fourth-order valence-corrected chi connectivity index (χ4v) is 3.01. The van der Waals surface area contributed by atoms with Crippen LogP contribution < -0.4 is 19.7 Å². The highest BCUT2D eigenvalue weighted by Gasteiger charge is 2.26. The van der Waals surface area contributed by atoms with Gasteiger partial charge in [-0.2, -0.15) is 0 Å². The van der Waals surface area contributed by atoms with Gasteiger partial charge in [-0.1, -0.05) is 6.07 Å². The quantitative estimate of drug-likeness (QED) is 0.777. The van der Waals surface area contributed by atoms with E-state index >= 15 is 0 Å². The van der Waals surface area contributed by atoms with Crippen molar-refractivity contribution in [3.8, 4) is 11.5 Å². The molecule has 3 rings (SSSR count). The highest BCUT2D eigenvalue weighted by atomic mass is 16.5. The van der Waals surface area contributed by atoms with Gasteiger partial charge in [-0.25, -0.2) is 0 Å². The van der Waals surface area contributed by atoms with Gasteiger partial charge in [-0.15, -0.1) is 0 Å².